The highest BCUT2D eigenvalue weighted by atomic mass is 16.7. The van der Waals surface area contributed by atoms with Gasteiger partial charge in [-0.2, -0.15) is 0 Å². The van der Waals surface area contributed by atoms with Crippen molar-refractivity contribution in [2.24, 2.45) is 5.41 Å². The molecule has 0 spiro atoms. The van der Waals surface area contributed by atoms with Gasteiger partial charge in [-0.3, -0.25) is 0 Å². The van der Waals surface area contributed by atoms with Crippen LogP contribution in [0.2, 0.25) is 0 Å². The van der Waals surface area contributed by atoms with Crippen LogP contribution in [0.3, 0.4) is 0 Å². The van der Waals surface area contributed by atoms with Gasteiger partial charge in [-0.15, -0.1) is 0 Å². The number of nitrogens with zero attached hydrogens (tertiary/aromatic N) is 2. The summed E-state index contributed by atoms with van der Waals surface area (Å²) in [4.78, 5) is 4.21. The van der Waals surface area contributed by atoms with E-state index in [2.05, 4.69) is 56.3 Å². The molecule has 28 heavy (non-hydrogen) atoms. The van der Waals surface area contributed by atoms with Crippen molar-refractivity contribution in [3.8, 4) is 0 Å². The van der Waals surface area contributed by atoms with Crippen molar-refractivity contribution in [3.05, 3.63) is 53.1 Å². The fraction of sp³-hybridized carbons (Fsp3) is 0.625. The zero-order chi connectivity index (χ0) is 20.2. The molecule has 0 saturated carbocycles. The maximum Gasteiger partial charge on any atom is 0.190 e. The summed E-state index contributed by atoms with van der Waals surface area (Å²) in [5.41, 5.74) is 5.42. The second-order valence-corrected chi connectivity index (χ2v) is 8.78. The molecule has 1 aliphatic rings. The third-order valence-corrected chi connectivity index (χ3v) is 6.11. The highest BCUT2D eigenvalue weighted by Gasteiger charge is 2.44. The average molecular weight is 385 g/mol. The van der Waals surface area contributed by atoms with Crippen LogP contribution in [0.4, 0.5) is 0 Å². The summed E-state index contributed by atoms with van der Waals surface area (Å²) < 4.78 is 15.3. The molecule has 4 heteroatoms. The van der Waals surface area contributed by atoms with E-state index in [-0.39, 0.29) is 5.41 Å². The Morgan fingerprint density at radius 2 is 1.61 bits per heavy atom. The van der Waals surface area contributed by atoms with Gasteiger partial charge in [0.25, 0.3) is 0 Å². The summed E-state index contributed by atoms with van der Waals surface area (Å²) >= 11 is 0. The molecule has 1 fully saturated rings. The summed E-state index contributed by atoms with van der Waals surface area (Å²) in [6.45, 7) is 13.3. The van der Waals surface area contributed by atoms with E-state index in [4.69, 9.17) is 9.47 Å². The molecule has 1 aliphatic heterocycles. The molecule has 0 radical (unpaired) electrons. The molecule has 3 rings (SSSR count). The topological polar surface area (TPSA) is 36.3 Å². The van der Waals surface area contributed by atoms with Crippen molar-refractivity contribution in [1.82, 2.24) is 9.55 Å². The number of aromatic nitrogens is 2. The van der Waals surface area contributed by atoms with Crippen molar-refractivity contribution < 1.29 is 9.47 Å². The molecular weight excluding hydrogens is 348 g/mol. The quantitative estimate of drug-likeness (QED) is 0.613. The molecule has 0 unspecified atom stereocenters. The van der Waals surface area contributed by atoms with Gasteiger partial charge in [0.15, 0.2) is 5.79 Å². The third-order valence-electron chi connectivity index (χ3n) is 6.11. The largest absolute Gasteiger partial charge is 0.347 e. The first-order valence-corrected chi connectivity index (χ1v) is 10.7. The van der Waals surface area contributed by atoms with E-state index in [0.29, 0.717) is 6.54 Å². The van der Waals surface area contributed by atoms with Crippen molar-refractivity contribution >= 4 is 0 Å². The van der Waals surface area contributed by atoms with Crippen molar-refractivity contribution in [3.63, 3.8) is 0 Å². The van der Waals surface area contributed by atoms with Crippen LogP contribution in [0.5, 0.6) is 0 Å². The van der Waals surface area contributed by atoms with Gasteiger partial charge in [0.05, 0.1) is 26.1 Å². The van der Waals surface area contributed by atoms with Gasteiger partial charge in [0.1, 0.15) is 0 Å². The molecule has 0 amide bonds. The summed E-state index contributed by atoms with van der Waals surface area (Å²) in [5, 5.41) is 0. The van der Waals surface area contributed by atoms with E-state index >= 15 is 0 Å². The Bertz CT molecular complexity index is 728. The lowest BCUT2D eigenvalue weighted by Gasteiger charge is -2.47. The highest BCUT2D eigenvalue weighted by Crippen LogP contribution is 2.40. The molecule has 1 saturated heterocycles. The lowest BCUT2D eigenvalue weighted by atomic mass is 9.79. The number of hydrogen-bond donors (Lipinski definition) is 0. The van der Waals surface area contributed by atoms with E-state index in [9.17, 15) is 0 Å². The molecule has 4 nitrogen and oxygen atoms in total. The number of aryl methyl sites for hydroxylation is 3. The Hall–Kier alpha value is -1.65. The van der Waals surface area contributed by atoms with E-state index in [1.54, 1.807) is 0 Å². The molecule has 0 N–H and O–H groups in total. The van der Waals surface area contributed by atoms with Crippen LogP contribution in [0.15, 0.2) is 30.9 Å². The molecule has 0 atom stereocenters. The number of imidazole rings is 1. The second kappa shape index (κ2) is 8.79. The summed E-state index contributed by atoms with van der Waals surface area (Å²) in [6, 6.07) is 4.52. The fourth-order valence-corrected chi connectivity index (χ4v) is 4.79. The predicted molar refractivity (Wildman–Crippen MR) is 113 cm³/mol. The molecule has 2 heterocycles. The van der Waals surface area contributed by atoms with Crippen LogP contribution in [0, 0.1) is 26.2 Å². The molecule has 2 aromatic rings. The van der Waals surface area contributed by atoms with Crippen LogP contribution in [0.25, 0.3) is 0 Å². The van der Waals surface area contributed by atoms with Gasteiger partial charge >= 0.3 is 0 Å². The SMILES string of the molecule is CCCC1(CCC)COC(Cc2c(C)cc(C)cc2C)(Cn2ccnc2)OC1. The highest BCUT2D eigenvalue weighted by molar-refractivity contribution is 5.38. The van der Waals surface area contributed by atoms with Crippen molar-refractivity contribution in [1.29, 1.82) is 0 Å². The van der Waals surface area contributed by atoms with Crippen molar-refractivity contribution in [2.45, 2.75) is 79.1 Å². The summed E-state index contributed by atoms with van der Waals surface area (Å²) in [7, 11) is 0. The maximum atomic E-state index is 6.63. The average Bonchev–Trinajstić information content (AvgIpc) is 3.14. The van der Waals surface area contributed by atoms with Gasteiger partial charge in [-0.1, -0.05) is 44.4 Å². The Labute approximate surface area is 170 Å². The Balaban J connectivity index is 1.88. The number of rotatable bonds is 8. The first-order chi connectivity index (χ1) is 13.4. The smallest absolute Gasteiger partial charge is 0.190 e. The minimum absolute atomic E-state index is 0.152. The first kappa shape index (κ1) is 21.1. The molecule has 154 valence electrons. The van der Waals surface area contributed by atoms with E-state index < -0.39 is 5.79 Å². The monoisotopic (exact) mass is 384 g/mol. The van der Waals surface area contributed by atoms with Crippen LogP contribution >= 0.6 is 0 Å². The molecule has 0 bridgehead atoms. The second-order valence-electron chi connectivity index (χ2n) is 8.78. The summed E-state index contributed by atoms with van der Waals surface area (Å²) in [5.74, 6) is -0.642. The van der Waals surface area contributed by atoms with Crippen LogP contribution in [-0.4, -0.2) is 28.6 Å². The number of hydrogen-bond acceptors (Lipinski definition) is 3. The fourth-order valence-electron chi connectivity index (χ4n) is 4.79. The molecule has 1 aromatic carbocycles. The Morgan fingerprint density at radius 1 is 1.00 bits per heavy atom. The van der Waals surface area contributed by atoms with E-state index in [0.717, 1.165) is 45.3 Å². The Morgan fingerprint density at radius 3 is 2.11 bits per heavy atom. The lowest BCUT2D eigenvalue weighted by molar-refractivity contribution is -0.311. The Kier molecular flexibility index (Phi) is 6.61. The zero-order valence-corrected chi connectivity index (χ0v) is 18.3. The standard InChI is InChI=1S/C24H36N2O2/c1-6-8-23(9-7-2)16-27-24(28-17-23,15-26-11-10-25-18-26)14-22-20(4)12-19(3)13-21(22)5/h10-13,18H,6-9,14-17H2,1-5H3. The first-order valence-electron chi connectivity index (χ1n) is 10.7. The van der Waals surface area contributed by atoms with Gasteiger partial charge in [-0.05, 0) is 50.3 Å². The minimum atomic E-state index is -0.642. The third kappa shape index (κ3) is 4.66. The minimum Gasteiger partial charge on any atom is -0.347 e. The van der Waals surface area contributed by atoms with E-state index in [1.807, 2.05) is 18.7 Å². The van der Waals surface area contributed by atoms with Gasteiger partial charge in [0, 0.05) is 24.2 Å². The molecule has 1 aromatic heterocycles. The lowest BCUT2D eigenvalue weighted by Crippen LogP contribution is -2.53. The summed E-state index contributed by atoms with van der Waals surface area (Å²) in [6.07, 6.45) is 11.1. The van der Waals surface area contributed by atoms with Crippen LogP contribution < -0.4 is 0 Å². The van der Waals surface area contributed by atoms with Gasteiger partial charge < -0.3 is 14.0 Å². The number of ether oxygens (including phenoxy) is 2. The van der Waals surface area contributed by atoms with Gasteiger partial charge in [0.2, 0.25) is 0 Å². The van der Waals surface area contributed by atoms with E-state index in [1.165, 1.54) is 22.3 Å². The van der Waals surface area contributed by atoms with Gasteiger partial charge in [-0.25, -0.2) is 4.98 Å². The van der Waals surface area contributed by atoms with Crippen LogP contribution in [-0.2, 0) is 22.4 Å². The normalized spacial score (nSPS) is 18.3. The van der Waals surface area contributed by atoms with Crippen molar-refractivity contribution in [2.75, 3.05) is 13.2 Å². The molecule has 0 aliphatic carbocycles. The molecular formula is C24H36N2O2. The van der Waals surface area contributed by atoms with Crippen LogP contribution in [0.1, 0.15) is 61.8 Å². The number of benzene rings is 1. The zero-order valence-electron chi connectivity index (χ0n) is 18.3. The predicted octanol–water partition coefficient (Wildman–Crippen LogP) is 5.38. The maximum absolute atomic E-state index is 6.63.